The molecule has 4 N–H and O–H groups in total. The Labute approximate surface area is 90.3 Å². The van der Waals surface area contributed by atoms with Gasteiger partial charge in [-0.25, -0.2) is 0 Å². The maximum absolute atomic E-state index is 9.31. The molecule has 2 unspecified atom stereocenters. The maximum atomic E-state index is 9.31. The topological polar surface area (TPSA) is 90.2 Å². The summed E-state index contributed by atoms with van der Waals surface area (Å²) in [5.41, 5.74) is 0. The number of aliphatic hydroxyl groups is 4. The summed E-state index contributed by atoms with van der Waals surface area (Å²) < 4.78 is 5.09. The van der Waals surface area contributed by atoms with Crippen molar-refractivity contribution in [1.82, 2.24) is 0 Å². The Kier molecular flexibility index (Phi) is 10.2. The second kappa shape index (κ2) is 10.3. The highest BCUT2D eigenvalue weighted by molar-refractivity contribution is 4.57. The summed E-state index contributed by atoms with van der Waals surface area (Å²) in [6, 6.07) is 0. The third-order valence-corrected chi connectivity index (χ3v) is 2.01. The summed E-state index contributed by atoms with van der Waals surface area (Å²) in [6.45, 7) is 0.485. The van der Waals surface area contributed by atoms with Crippen molar-refractivity contribution in [3.05, 3.63) is 0 Å². The summed E-state index contributed by atoms with van der Waals surface area (Å²) in [7, 11) is 0. The Hall–Kier alpha value is -0.200. The van der Waals surface area contributed by atoms with Crippen molar-refractivity contribution in [2.75, 3.05) is 26.4 Å². The Morgan fingerprint density at radius 1 is 0.800 bits per heavy atom. The van der Waals surface area contributed by atoms with Gasteiger partial charge in [0.15, 0.2) is 0 Å². The van der Waals surface area contributed by atoms with Gasteiger partial charge in [-0.05, 0) is 25.7 Å². The molecule has 0 aromatic carbocycles. The van der Waals surface area contributed by atoms with E-state index in [9.17, 15) is 10.2 Å². The fourth-order valence-corrected chi connectivity index (χ4v) is 1.16. The van der Waals surface area contributed by atoms with Crippen molar-refractivity contribution in [1.29, 1.82) is 0 Å². The first-order valence-corrected chi connectivity index (χ1v) is 5.36. The molecule has 0 aliphatic heterocycles. The van der Waals surface area contributed by atoms with Crippen LogP contribution < -0.4 is 0 Å². The Bertz CT molecular complexity index is 117. The summed E-state index contributed by atoms with van der Waals surface area (Å²) in [6.07, 6.45) is 0.950. The number of ether oxygens (including phenoxy) is 1. The van der Waals surface area contributed by atoms with Gasteiger partial charge in [0, 0.05) is 13.2 Å². The molecule has 0 rings (SSSR count). The smallest absolute Gasteiger partial charge is 0.0774 e. The molecule has 0 saturated carbocycles. The number of hydrogen-bond acceptors (Lipinski definition) is 5. The predicted octanol–water partition coefficient (Wildman–Crippen LogP) is -0.730. The van der Waals surface area contributed by atoms with Gasteiger partial charge in [0.1, 0.15) is 0 Å². The fourth-order valence-electron chi connectivity index (χ4n) is 1.16. The summed E-state index contributed by atoms with van der Waals surface area (Å²) >= 11 is 0. The van der Waals surface area contributed by atoms with Gasteiger partial charge in [0.05, 0.1) is 25.4 Å². The molecule has 0 aliphatic rings. The van der Waals surface area contributed by atoms with Crippen molar-refractivity contribution in [3.63, 3.8) is 0 Å². The average Bonchev–Trinajstić information content (AvgIpc) is 2.23. The molecule has 2 atom stereocenters. The second-order valence-corrected chi connectivity index (χ2v) is 3.58. The third-order valence-electron chi connectivity index (χ3n) is 2.01. The molecule has 5 heteroatoms. The molecular formula is C10H22O5. The van der Waals surface area contributed by atoms with E-state index in [-0.39, 0.29) is 26.4 Å². The maximum Gasteiger partial charge on any atom is 0.0774 e. The normalized spacial score (nSPS) is 15.2. The summed E-state index contributed by atoms with van der Waals surface area (Å²) in [5, 5.41) is 35.6. The van der Waals surface area contributed by atoms with E-state index in [1.807, 2.05) is 0 Å². The predicted molar refractivity (Wildman–Crippen MR) is 55.5 cm³/mol. The van der Waals surface area contributed by atoms with Crippen LogP contribution in [0.2, 0.25) is 0 Å². The van der Waals surface area contributed by atoms with Crippen LogP contribution in [-0.4, -0.2) is 59.1 Å². The minimum Gasteiger partial charge on any atom is -0.396 e. The van der Waals surface area contributed by atoms with E-state index < -0.39 is 12.2 Å². The van der Waals surface area contributed by atoms with Crippen LogP contribution in [0.1, 0.15) is 25.7 Å². The zero-order valence-electron chi connectivity index (χ0n) is 9.01. The third kappa shape index (κ3) is 10.1. The molecule has 0 aromatic rings. The molecule has 0 heterocycles. The van der Waals surface area contributed by atoms with Crippen molar-refractivity contribution in [3.8, 4) is 0 Å². The summed E-state index contributed by atoms with van der Waals surface area (Å²) in [4.78, 5) is 0. The first-order valence-electron chi connectivity index (χ1n) is 5.36. The van der Waals surface area contributed by atoms with Crippen molar-refractivity contribution >= 4 is 0 Å². The lowest BCUT2D eigenvalue weighted by atomic mass is 10.2. The molecule has 0 spiro atoms. The van der Waals surface area contributed by atoms with Crippen LogP contribution in [0.3, 0.4) is 0 Å². The second-order valence-electron chi connectivity index (χ2n) is 3.58. The van der Waals surface area contributed by atoms with E-state index in [4.69, 9.17) is 14.9 Å². The minimum atomic E-state index is -0.581. The van der Waals surface area contributed by atoms with Gasteiger partial charge in [0.2, 0.25) is 0 Å². The van der Waals surface area contributed by atoms with E-state index in [1.54, 1.807) is 0 Å². The number of rotatable bonds is 10. The SMILES string of the molecule is OCCCC(O)COCC(O)CCCO. The highest BCUT2D eigenvalue weighted by atomic mass is 16.5. The highest BCUT2D eigenvalue weighted by Crippen LogP contribution is 2.00. The van der Waals surface area contributed by atoms with Gasteiger partial charge < -0.3 is 25.2 Å². The van der Waals surface area contributed by atoms with Gasteiger partial charge >= 0.3 is 0 Å². The lowest BCUT2D eigenvalue weighted by molar-refractivity contribution is -0.0146. The van der Waals surface area contributed by atoms with Crippen LogP contribution in [-0.2, 0) is 4.74 Å². The van der Waals surface area contributed by atoms with E-state index in [0.717, 1.165) is 0 Å². The van der Waals surface area contributed by atoms with Gasteiger partial charge in [-0.1, -0.05) is 0 Å². The molecule has 15 heavy (non-hydrogen) atoms. The largest absolute Gasteiger partial charge is 0.396 e. The molecular weight excluding hydrogens is 200 g/mol. The van der Waals surface area contributed by atoms with Crippen LogP contribution >= 0.6 is 0 Å². The quantitative estimate of drug-likeness (QED) is 0.391. The first kappa shape index (κ1) is 14.8. The average molecular weight is 222 g/mol. The lowest BCUT2D eigenvalue weighted by Crippen LogP contribution is -2.21. The van der Waals surface area contributed by atoms with E-state index in [1.165, 1.54) is 0 Å². The molecule has 0 amide bonds. The monoisotopic (exact) mass is 222 g/mol. The molecule has 0 aliphatic carbocycles. The summed E-state index contributed by atoms with van der Waals surface area (Å²) in [5.74, 6) is 0. The molecule has 0 aromatic heterocycles. The van der Waals surface area contributed by atoms with Crippen molar-refractivity contribution < 1.29 is 25.2 Å². The molecule has 92 valence electrons. The Morgan fingerprint density at radius 2 is 1.20 bits per heavy atom. The van der Waals surface area contributed by atoms with Gasteiger partial charge in [-0.3, -0.25) is 0 Å². The van der Waals surface area contributed by atoms with Gasteiger partial charge in [-0.15, -0.1) is 0 Å². The van der Waals surface area contributed by atoms with E-state index in [0.29, 0.717) is 25.7 Å². The number of hydrogen-bond donors (Lipinski definition) is 4. The molecule has 0 fully saturated rings. The van der Waals surface area contributed by atoms with Gasteiger partial charge in [-0.2, -0.15) is 0 Å². The van der Waals surface area contributed by atoms with Crippen molar-refractivity contribution in [2.45, 2.75) is 37.9 Å². The highest BCUT2D eigenvalue weighted by Gasteiger charge is 2.07. The van der Waals surface area contributed by atoms with Gasteiger partial charge in [0.25, 0.3) is 0 Å². The van der Waals surface area contributed by atoms with Crippen LogP contribution in [0, 0.1) is 0 Å². The van der Waals surface area contributed by atoms with Crippen LogP contribution in [0.25, 0.3) is 0 Å². The van der Waals surface area contributed by atoms with Crippen molar-refractivity contribution in [2.24, 2.45) is 0 Å². The Balaban J connectivity index is 3.27. The molecule has 0 radical (unpaired) electrons. The molecule has 5 nitrogen and oxygen atoms in total. The van der Waals surface area contributed by atoms with E-state index >= 15 is 0 Å². The zero-order chi connectivity index (χ0) is 11.5. The molecule has 0 saturated heterocycles. The zero-order valence-corrected chi connectivity index (χ0v) is 9.01. The Morgan fingerprint density at radius 3 is 1.53 bits per heavy atom. The van der Waals surface area contributed by atoms with Crippen LogP contribution in [0.5, 0.6) is 0 Å². The van der Waals surface area contributed by atoms with Crippen LogP contribution in [0.4, 0.5) is 0 Å². The fraction of sp³-hybridized carbons (Fsp3) is 1.00. The lowest BCUT2D eigenvalue weighted by Gasteiger charge is -2.13. The molecule has 0 bridgehead atoms. The standard InChI is InChI=1S/C10H22O5/c11-5-1-3-9(13)7-15-8-10(14)4-2-6-12/h9-14H,1-8H2. The van der Waals surface area contributed by atoms with E-state index in [2.05, 4.69) is 0 Å². The first-order chi connectivity index (χ1) is 7.20. The number of aliphatic hydroxyl groups excluding tert-OH is 4. The minimum absolute atomic E-state index is 0.0657. The van der Waals surface area contributed by atoms with Crippen LogP contribution in [0.15, 0.2) is 0 Å².